The predicted octanol–water partition coefficient (Wildman–Crippen LogP) is 3.37. The molecule has 0 aliphatic heterocycles. The largest absolute Gasteiger partial charge is 0.496 e. The Morgan fingerprint density at radius 2 is 1.79 bits per heavy atom. The van der Waals surface area contributed by atoms with Crippen LogP contribution < -0.4 is 4.74 Å². The van der Waals surface area contributed by atoms with Crippen LogP contribution >= 0.6 is 11.6 Å². The highest BCUT2D eigenvalue weighted by atomic mass is 35.5. The molecular weight excluding hydrogens is 386 g/mol. The minimum atomic E-state index is -0.702. The molecule has 0 aliphatic rings. The maximum Gasteiger partial charge on any atom is 0.342 e. The molecule has 0 N–H and O–H groups in total. The first kappa shape index (κ1) is 21.5. The Kier molecular flexibility index (Phi) is 7.23. The van der Waals surface area contributed by atoms with Gasteiger partial charge in [-0.05, 0) is 38.1 Å². The number of halogens is 1. The van der Waals surface area contributed by atoms with Crippen molar-refractivity contribution in [1.82, 2.24) is 4.57 Å². The zero-order chi connectivity index (χ0) is 20.8. The number of benzene rings is 1. The maximum atomic E-state index is 12.5. The van der Waals surface area contributed by atoms with Crippen molar-refractivity contribution in [1.29, 1.82) is 0 Å². The number of hydrogen-bond acceptors (Lipinski definition) is 6. The summed E-state index contributed by atoms with van der Waals surface area (Å²) < 4.78 is 16.8. The molecule has 7 nitrogen and oxygen atoms in total. The van der Waals surface area contributed by atoms with Crippen LogP contribution in [0.5, 0.6) is 5.75 Å². The van der Waals surface area contributed by atoms with E-state index in [1.54, 1.807) is 25.1 Å². The summed E-state index contributed by atoms with van der Waals surface area (Å²) in [6.07, 6.45) is 0.198. The molecule has 2 aromatic rings. The van der Waals surface area contributed by atoms with Gasteiger partial charge in [0.1, 0.15) is 11.3 Å². The number of aryl methyl sites for hydroxylation is 1. The van der Waals surface area contributed by atoms with Crippen LogP contribution in [0.3, 0.4) is 0 Å². The van der Waals surface area contributed by atoms with E-state index in [1.807, 2.05) is 11.5 Å². The second-order valence-corrected chi connectivity index (χ2v) is 6.54. The molecule has 0 amide bonds. The van der Waals surface area contributed by atoms with Crippen molar-refractivity contribution in [3.8, 4) is 5.75 Å². The quantitative estimate of drug-likeness (QED) is 0.492. The molecule has 0 atom stereocenters. The number of nitrogens with zero attached hydrogens (tertiary/aromatic N) is 1. The van der Waals surface area contributed by atoms with E-state index in [2.05, 4.69) is 4.74 Å². The number of carbonyl (C=O) groups excluding carboxylic acids is 3. The van der Waals surface area contributed by atoms with Crippen molar-refractivity contribution < 1.29 is 28.6 Å². The molecule has 28 heavy (non-hydrogen) atoms. The van der Waals surface area contributed by atoms with E-state index < -0.39 is 12.6 Å². The van der Waals surface area contributed by atoms with E-state index in [0.717, 1.165) is 5.69 Å². The van der Waals surface area contributed by atoms with Gasteiger partial charge in [0.05, 0.1) is 20.6 Å². The van der Waals surface area contributed by atoms with Gasteiger partial charge in [0.2, 0.25) is 5.78 Å². The number of aromatic nitrogens is 1. The molecule has 0 unspecified atom stereocenters. The Balaban J connectivity index is 2.08. The summed E-state index contributed by atoms with van der Waals surface area (Å²) in [6, 6.07) is 6.27. The first-order valence-corrected chi connectivity index (χ1v) is 8.93. The Labute approximate surface area is 168 Å². The minimum absolute atomic E-state index is 0.145. The Morgan fingerprint density at radius 1 is 1.07 bits per heavy atom. The molecule has 1 heterocycles. The van der Waals surface area contributed by atoms with Gasteiger partial charge in [0.25, 0.3) is 0 Å². The van der Waals surface area contributed by atoms with E-state index in [1.165, 1.54) is 20.3 Å². The van der Waals surface area contributed by atoms with Crippen molar-refractivity contribution in [2.24, 2.45) is 0 Å². The third-order valence-corrected chi connectivity index (χ3v) is 4.59. The molecule has 0 aliphatic carbocycles. The van der Waals surface area contributed by atoms with Crippen LogP contribution in [-0.4, -0.2) is 43.1 Å². The van der Waals surface area contributed by atoms with Gasteiger partial charge in [-0.3, -0.25) is 9.59 Å². The summed E-state index contributed by atoms with van der Waals surface area (Å²) in [4.78, 5) is 36.2. The predicted molar refractivity (Wildman–Crippen MR) is 103 cm³/mol. The molecule has 2 rings (SSSR count). The van der Waals surface area contributed by atoms with E-state index >= 15 is 0 Å². The highest BCUT2D eigenvalue weighted by Gasteiger charge is 2.20. The number of carbonyl (C=O) groups is 3. The number of ether oxygens (including phenoxy) is 3. The van der Waals surface area contributed by atoms with Crippen LogP contribution in [0.15, 0.2) is 24.3 Å². The third kappa shape index (κ3) is 4.92. The lowest BCUT2D eigenvalue weighted by atomic mass is 10.1. The van der Waals surface area contributed by atoms with Gasteiger partial charge in [0, 0.05) is 28.5 Å². The molecule has 1 aromatic heterocycles. The molecule has 0 saturated heterocycles. The first-order valence-electron chi connectivity index (χ1n) is 8.55. The fraction of sp³-hybridized carbons (Fsp3) is 0.350. The smallest absolute Gasteiger partial charge is 0.342 e. The van der Waals surface area contributed by atoms with E-state index in [9.17, 15) is 14.4 Å². The summed E-state index contributed by atoms with van der Waals surface area (Å²) in [7, 11) is 2.75. The van der Waals surface area contributed by atoms with Crippen LogP contribution in [0.2, 0.25) is 5.02 Å². The van der Waals surface area contributed by atoms with E-state index in [4.69, 9.17) is 21.1 Å². The number of ketones is 1. The van der Waals surface area contributed by atoms with Crippen LogP contribution in [0.4, 0.5) is 0 Å². The Hall–Kier alpha value is -2.80. The van der Waals surface area contributed by atoms with Gasteiger partial charge in [-0.15, -0.1) is 0 Å². The Bertz CT molecular complexity index is 902. The van der Waals surface area contributed by atoms with Crippen LogP contribution in [0.1, 0.15) is 38.5 Å². The van der Waals surface area contributed by atoms with Crippen molar-refractivity contribution in [2.45, 2.75) is 26.8 Å². The van der Waals surface area contributed by atoms with Gasteiger partial charge in [0.15, 0.2) is 6.61 Å². The average Bonchev–Trinajstić information content (AvgIpc) is 2.97. The van der Waals surface area contributed by atoms with E-state index in [0.29, 0.717) is 28.6 Å². The van der Waals surface area contributed by atoms with Crippen molar-refractivity contribution in [3.63, 3.8) is 0 Å². The fourth-order valence-corrected chi connectivity index (χ4v) is 3.03. The first-order chi connectivity index (χ1) is 13.3. The van der Waals surface area contributed by atoms with Crippen LogP contribution in [0.25, 0.3) is 0 Å². The fourth-order valence-electron chi connectivity index (χ4n) is 2.86. The molecule has 0 fully saturated rings. The molecule has 150 valence electrons. The monoisotopic (exact) mass is 407 g/mol. The number of Topliss-reactive ketones (excluding diaryl/α,β-unsaturated/α-hetero) is 1. The van der Waals surface area contributed by atoms with Crippen LogP contribution in [0, 0.1) is 13.8 Å². The number of rotatable bonds is 8. The number of methoxy groups -OCH3 is 2. The van der Waals surface area contributed by atoms with Crippen LogP contribution in [-0.2, 0) is 20.8 Å². The molecule has 0 bridgehead atoms. The third-order valence-electron chi connectivity index (χ3n) is 4.36. The number of hydrogen-bond donors (Lipinski definition) is 0. The SMILES string of the molecule is COC(=O)CCn1c(C)cc(C(=O)COC(=O)c2cc(Cl)ccc2OC)c1C. The lowest BCUT2D eigenvalue weighted by Crippen LogP contribution is -2.16. The zero-order valence-electron chi connectivity index (χ0n) is 16.2. The number of esters is 2. The summed E-state index contributed by atoms with van der Waals surface area (Å²) >= 11 is 5.91. The van der Waals surface area contributed by atoms with Gasteiger partial charge in [-0.1, -0.05) is 11.6 Å². The van der Waals surface area contributed by atoms with Gasteiger partial charge in [-0.25, -0.2) is 4.79 Å². The second-order valence-electron chi connectivity index (χ2n) is 6.11. The highest BCUT2D eigenvalue weighted by Crippen LogP contribution is 2.23. The molecular formula is C20H22ClNO6. The summed E-state index contributed by atoms with van der Waals surface area (Å²) in [5.41, 5.74) is 2.11. The second kappa shape index (κ2) is 9.41. The standard InChI is InChI=1S/C20H22ClNO6/c1-12-9-15(13(2)22(12)8-7-19(24)27-4)17(23)11-28-20(25)16-10-14(21)5-6-18(16)26-3/h5-6,9-10H,7-8,11H2,1-4H3. The summed E-state index contributed by atoms with van der Waals surface area (Å²) in [5.74, 6) is -1.06. The maximum absolute atomic E-state index is 12.5. The van der Waals surface area contributed by atoms with Gasteiger partial charge < -0.3 is 18.8 Å². The zero-order valence-corrected chi connectivity index (χ0v) is 17.0. The molecule has 1 aromatic carbocycles. The highest BCUT2D eigenvalue weighted by molar-refractivity contribution is 6.31. The topological polar surface area (TPSA) is 83.8 Å². The van der Waals surface area contributed by atoms with Crippen molar-refractivity contribution in [3.05, 3.63) is 51.8 Å². The van der Waals surface area contributed by atoms with Crippen molar-refractivity contribution in [2.75, 3.05) is 20.8 Å². The summed E-state index contributed by atoms with van der Waals surface area (Å²) in [5, 5.41) is 0.355. The minimum Gasteiger partial charge on any atom is -0.496 e. The molecule has 0 radical (unpaired) electrons. The Morgan fingerprint density at radius 3 is 2.43 bits per heavy atom. The molecule has 8 heteroatoms. The molecule has 0 spiro atoms. The lowest BCUT2D eigenvalue weighted by molar-refractivity contribution is -0.140. The van der Waals surface area contributed by atoms with Crippen molar-refractivity contribution >= 4 is 29.3 Å². The van der Waals surface area contributed by atoms with Gasteiger partial charge >= 0.3 is 11.9 Å². The lowest BCUT2D eigenvalue weighted by Gasteiger charge is -2.10. The van der Waals surface area contributed by atoms with E-state index in [-0.39, 0.29) is 23.7 Å². The normalized spacial score (nSPS) is 10.5. The van der Waals surface area contributed by atoms with Gasteiger partial charge in [-0.2, -0.15) is 0 Å². The summed E-state index contributed by atoms with van der Waals surface area (Å²) in [6.45, 7) is 3.59. The molecule has 0 saturated carbocycles. The average molecular weight is 408 g/mol.